The summed E-state index contributed by atoms with van der Waals surface area (Å²) in [5.74, 6) is 3.82. The first-order valence-electron chi connectivity index (χ1n) is 12.2. The molecule has 0 fully saturated rings. The van der Waals surface area contributed by atoms with E-state index in [4.69, 9.17) is 0 Å². The summed E-state index contributed by atoms with van der Waals surface area (Å²) >= 11 is 0. The number of hydrogen-bond acceptors (Lipinski definition) is 1. The normalized spacial score (nSPS) is 13.6. The molecule has 0 aromatic heterocycles. The molecule has 1 nitrogen and oxygen atoms in total. The van der Waals surface area contributed by atoms with Gasteiger partial charge in [0.15, 0.2) is 8.07 Å². The van der Waals surface area contributed by atoms with E-state index in [1.54, 1.807) is 0 Å². The summed E-state index contributed by atoms with van der Waals surface area (Å²) in [6.07, 6.45) is 3.36. The fourth-order valence-electron chi connectivity index (χ4n) is 4.68. The Labute approximate surface area is 202 Å². The van der Waals surface area contributed by atoms with E-state index in [0.717, 1.165) is 19.3 Å². The van der Waals surface area contributed by atoms with Gasteiger partial charge in [0.1, 0.15) is 8.07 Å². The molecule has 33 heavy (non-hydrogen) atoms. The van der Waals surface area contributed by atoms with Gasteiger partial charge >= 0.3 is 0 Å². The van der Waals surface area contributed by atoms with Gasteiger partial charge < -0.3 is 5.11 Å². The molecule has 0 aliphatic heterocycles. The second kappa shape index (κ2) is 11.7. The quantitative estimate of drug-likeness (QED) is 0.254. The maximum atomic E-state index is 11.1. The van der Waals surface area contributed by atoms with Crippen molar-refractivity contribution in [3.63, 3.8) is 0 Å². The Balaban J connectivity index is 2.32. The van der Waals surface area contributed by atoms with Crippen LogP contribution < -0.4 is 15.6 Å². The predicted molar refractivity (Wildman–Crippen MR) is 149 cm³/mol. The molecule has 0 radical (unpaired) electrons. The largest absolute Gasteiger partial charge is 0.393 e. The molecule has 3 heteroatoms. The van der Waals surface area contributed by atoms with Gasteiger partial charge in [0.2, 0.25) is 0 Å². The summed E-state index contributed by atoms with van der Waals surface area (Å²) < 4.78 is 0. The molecule has 0 unspecified atom stereocenters. The highest BCUT2D eigenvalue weighted by Gasteiger charge is 2.46. The summed E-state index contributed by atoms with van der Waals surface area (Å²) in [5, 5.41) is 15.2. The van der Waals surface area contributed by atoms with Crippen molar-refractivity contribution >= 4 is 31.7 Å². The van der Waals surface area contributed by atoms with Crippen LogP contribution in [0.4, 0.5) is 0 Å². The molecular weight excluding hydrogens is 433 g/mol. The van der Waals surface area contributed by atoms with E-state index in [1.165, 1.54) is 15.6 Å². The van der Waals surface area contributed by atoms with Crippen molar-refractivity contribution in [2.75, 3.05) is 0 Å². The van der Waals surface area contributed by atoms with Crippen molar-refractivity contribution in [3.8, 4) is 11.5 Å². The number of benzene rings is 3. The number of aliphatic hydroxyl groups is 1. The summed E-state index contributed by atoms with van der Waals surface area (Å²) in [7, 11) is -4.16. The molecule has 0 heterocycles. The molecule has 0 bridgehead atoms. The first kappa shape index (κ1) is 25.2. The Morgan fingerprint density at radius 2 is 1.15 bits per heavy atom. The molecule has 0 spiro atoms. The van der Waals surface area contributed by atoms with Crippen molar-refractivity contribution in [2.24, 2.45) is 0 Å². The Hall–Kier alpha value is -2.39. The average molecular weight is 471 g/mol. The van der Waals surface area contributed by atoms with Crippen LogP contribution in [0.15, 0.2) is 91.0 Å². The SMILES string of the molecule is CCCC[C@@H](O)C[C@@H](C#C[Si](C)(C)C)[Si](c1ccccc1)(c1ccccc1)c1ccccc1. The molecule has 3 rings (SSSR count). The summed E-state index contributed by atoms with van der Waals surface area (Å²) in [6, 6.07) is 32.9. The van der Waals surface area contributed by atoms with E-state index in [1.807, 2.05) is 0 Å². The van der Waals surface area contributed by atoms with Crippen LogP contribution in [-0.2, 0) is 0 Å². The van der Waals surface area contributed by atoms with Crippen LogP contribution >= 0.6 is 0 Å². The highest BCUT2D eigenvalue weighted by molar-refractivity contribution is 7.12. The molecule has 3 aromatic carbocycles. The number of rotatable bonds is 9. The lowest BCUT2D eigenvalue weighted by Crippen LogP contribution is -2.70. The molecule has 0 aliphatic rings. The van der Waals surface area contributed by atoms with E-state index < -0.39 is 16.1 Å². The lowest BCUT2D eigenvalue weighted by atomic mass is 10.1. The third-order valence-corrected chi connectivity index (χ3v) is 12.3. The van der Waals surface area contributed by atoms with Gasteiger partial charge in [-0.05, 0) is 28.4 Å². The fourth-order valence-corrected chi connectivity index (χ4v) is 10.7. The Kier molecular flexibility index (Phi) is 8.91. The minimum Gasteiger partial charge on any atom is -0.393 e. The maximum Gasteiger partial charge on any atom is 0.163 e. The monoisotopic (exact) mass is 470 g/mol. The molecule has 0 amide bonds. The van der Waals surface area contributed by atoms with Crippen LogP contribution in [0.3, 0.4) is 0 Å². The van der Waals surface area contributed by atoms with Crippen molar-refractivity contribution < 1.29 is 5.11 Å². The van der Waals surface area contributed by atoms with E-state index in [0.29, 0.717) is 6.42 Å². The van der Waals surface area contributed by atoms with Gasteiger partial charge in [0, 0.05) is 5.54 Å². The van der Waals surface area contributed by atoms with Gasteiger partial charge in [0.05, 0.1) is 6.10 Å². The first-order chi connectivity index (χ1) is 15.9. The highest BCUT2D eigenvalue weighted by atomic mass is 28.3. The van der Waals surface area contributed by atoms with E-state index in [-0.39, 0.29) is 11.6 Å². The molecule has 1 N–H and O–H groups in total. The highest BCUT2D eigenvalue weighted by Crippen LogP contribution is 2.29. The van der Waals surface area contributed by atoms with Crippen LogP contribution in [0.1, 0.15) is 32.6 Å². The van der Waals surface area contributed by atoms with Crippen molar-refractivity contribution in [1.29, 1.82) is 0 Å². The summed E-state index contributed by atoms with van der Waals surface area (Å²) in [4.78, 5) is 0. The zero-order valence-electron chi connectivity index (χ0n) is 20.6. The topological polar surface area (TPSA) is 20.2 Å². The maximum absolute atomic E-state index is 11.1. The Morgan fingerprint density at radius 3 is 1.52 bits per heavy atom. The van der Waals surface area contributed by atoms with E-state index in [2.05, 4.69) is 129 Å². The smallest absolute Gasteiger partial charge is 0.163 e. The lowest BCUT2D eigenvalue weighted by Gasteiger charge is -2.39. The zero-order valence-corrected chi connectivity index (χ0v) is 22.6. The molecule has 172 valence electrons. The predicted octanol–water partition coefficient (Wildman–Crippen LogP) is 5.35. The second-order valence-electron chi connectivity index (χ2n) is 10.0. The lowest BCUT2D eigenvalue weighted by molar-refractivity contribution is 0.153. The van der Waals surface area contributed by atoms with Gasteiger partial charge in [-0.1, -0.05) is 130 Å². The third kappa shape index (κ3) is 6.35. The van der Waals surface area contributed by atoms with Gasteiger partial charge in [-0.2, -0.15) is 0 Å². The molecule has 2 atom stereocenters. The van der Waals surface area contributed by atoms with Crippen LogP contribution in [0.25, 0.3) is 0 Å². The molecule has 0 saturated carbocycles. The van der Waals surface area contributed by atoms with Crippen molar-refractivity contribution in [2.45, 2.75) is 63.9 Å². The number of unbranched alkanes of at least 4 members (excludes halogenated alkanes) is 1. The summed E-state index contributed by atoms with van der Waals surface area (Å²) in [6.45, 7) is 9.11. The van der Waals surface area contributed by atoms with E-state index >= 15 is 0 Å². The third-order valence-electron chi connectivity index (χ3n) is 6.23. The minimum absolute atomic E-state index is 0.0864. The van der Waals surface area contributed by atoms with Crippen LogP contribution in [-0.4, -0.2) is 27.4 Å². The average Bonchev–Trinajstić information content (AvgIpc) is 2.83. The second-order valence-corrected chi connectivity index (χ2v) is 18.8. The number of hydrogen-bond donors (Lipinski definition) is 1. The first-order valence-corrected chi connectivity index (χ1v) is 17.8. The molecular formula is C30H38OSi2. The molecule has 0 aliphatic carbocycles. The van der Waals surface area contributed by atoms with Crippen molar-refractivity contribution in [1.82, 2.24) is 0 Å². The zero-order chi connectivity index (χ0) is 23.7. The van der Waals surface area contributed by atoms with Gasteiger partial charge in [-0.15, -0.1) is 11.5 Å². The van der Waals surface area contributed by atoms with Gasteiger partial charge in [-0.25, -0.2) is 0 Å². The van der Waals surface area contributed by atoms with Crippen molar-refractivity contribution in [3.05, 3.63) is 91.0 Å². The van der Waals surface area contributed by atoms with Gasteiger partial charge in [-0.3, -0.25) is 0 Å². The fraction of sp³-hybridized carbons (Fsp3) is 0.333. The number of aliphatic hydroxyl groups excluding tert-OH is 1. The molecule has 3 aromatic rings. The minimum atomic E-state index is -2.57. The molecule has 0 saturated heterocycles. The van der Waals surface area contributed by atoms with Crippen LogP contribution in [0, 0.1) is 11.5 Å². The Morgan fingerprint density at radius 1 is 0.727 bits per heavy atom. The van der Waals surface area contributed by atoms with Crippen LogP contribution in [0.2, 0.25) is 25.2 Å². The Bertz CT molecular complexity index is 934. The van der Waals surface area contributed by atoms with E-state index in [9.17, 15) is 5.11 Å². The standard InChI is InChI=1S/C30H38OSi2/c1-5-6-16-26(31)25-30(23-24-32(2,3)4)33(27-17-10-7-11-18-27,28-19-12-8-13-20-28)29-21-14-9-15-22-29/h7-15,17-22,26,30-31H,5-6,16,25H2,1-4H3/t26-,30-/m1/s1. The van der Waals surface area contributed by atoms with Crippen LogP contribution in [0.5, 0.6) is 0 Å². The van der Waals surface area contributed by atoms with Gasteiger partial charge in [0.25, 0.3) is 0 Å². The summed E-state index contributed by atoms with van der Waals surface area (Å²) in [5.41, 5.74) is 3.80.